The Bertz CT molecular complexity index is 764. The molecule has 0 radical (unpaired) electrons. The maximum absolute atomic E-state index is 5.78. The van der Waals surface area contributed by atoms with Crippen molar-refractivity contribution in [3.8, 4) is 11.5 Å². The van der Waals surface area contributed by atoms with Gasteiger partial charge < -0.3 is 24.7 Å². The Hall–Kier alpha value is -1.72. The Balaban J connectivity index is 1.41. The lowest BCUT2D eigenvalue weighted by Crippen LogP contribution is -2.35. The van der Waals surface area contributed by atoms with Gasteiger partial charge in [-0.15, -0.1) is 0 Å². The maximum atomic E-state index is 5.78. The molecule has 3 aliphatic rings. The van der Waals surface area contributed by atoms with Crippen LogP contribution >= 0.6 is 0 Å². The van der Waals surface area contributed by atoms with Crippen LogP contribution in [0.1, 0.15) is 43.0 Å². The van der Waals surface area contributed by atoms with Crippen LogP contribution in [0, 0.1) is 0 Å². The minimum Gasteiger partial charge on any atom is -0.486 e. The van der Waals surface area contributed by atoms with Crippen LogP contribution in [-0.2, 0) is 6.42 Å². The van der Waals surface area contributed by atoms with E-state index in [-0.39, 0.29) is 0 Å². The van der Waals surface area contributed by atoms with Crippen molar-refractivity contribution < 1.29 is 9.47 Å². The van der Waals surface area contributed by atoms with E-state index in [1.807, 2.05) is 0 Å². The third-order valence-electron chi connectivity index (χ3n) is 5.90. The zero-order valence-corrected chi connectivity index (χ0v) is 14.8. The molecule has 0 aliphatic carbocycles. The minimum atomic E-state index is 0.428. The van der Waals surface area contributed by atoms with E-state index in [1.54, 1.807) is 0 Å². The van der Waals surface area contributed by atoms with E-state index in [9.17, 15) is 0 Å². The molecule has 25 heavy (non-hydrogen) atoms. The second kappa shape index (κ2) is 6.54. The van der Waals surface area contributed by atoms with Gasteiger partial charge in [0.15, 0.2) is 11.5 Å². The van der Waals surface area contributed by atoms with Crippen molar-refractivity contribution in [1.82, 2.24) is 15.2 Å². The van der Waals surface area contributed by atoms with E-state index in [4.69, 9.17) is 9.47 Å². The molecule has 1 aromatic carbocycles. The molecule has 0 unspecified atom stereocenters. The van der Waals surface area contributed by atoms with Gasteiger partial charge in [0.05, 0.1) is 0 Å². The second-order valence-corrected chi connectivity index (χ2v) is 7.51. The summed E-state index contributed by atoms with van der Waals surface area (Å²) in [6.45, 7) is 6.07. The molecule has 1 atom stereocenters. The van der Waals surface area contributed by atoms with Gasteiger partial charge in [0.2, 0.25) is 0 Å². The van der Waals surface area contributed by atoms with Crippen molar-refractivity contribution in [2.24, 2.45) is 0 Å². The number of nitrogens with zero attached hydrogens (tertiary/aromatic N) is 1. The monoisotopic (exact) mass is 341 g/mol. The van der Waals surface area contributed by atoms with E-state index >= 15 is 0 Å². The zero-order chi connectivity index (χ0) is 16.6. The van der Waals surface area contributed by atoms with Crippen LogP contribution in [0.2, 0.25) is 0 Å². The van der Waals surface area contributed by atoms with Gasteiger partial charge in [-0.2, -0.15) is 0 Å². The molecule has 0 bridgehead atoms. The highest BCUT2D eigenvalue weighted by atomic mass is 16.6. The molecule has 0 saturated carbocycles. The van der Waals surface area contributed by atoms with Crippen molar-refractivity contribution in [3.63, 3.8) is 0 Å². The van der Waals surface area contributed by atoms with E-state index in [2.05, 4.69) is 27.3 Å². The number of aromatic nitrogens is 1. The first-order valence-electron chi connectivity index (χ1n) is 9.78. The van der Waals surface area contributed by atoms with E-state index < -0.39 is 0 Å². The zero-order valence-electron chi connectivity index (χ0n) is 14.8. The summed E-state index contributed by atoms with van der Waals surface area (Å²) in [5.74, 6) is 1.76. The molecule has 1 saturated heterocycles. The Morgan fingerprint density at radius 2 is 1.84 bits per heavy atom. The van der Waals surface area contributed by atoms with Gasteiger partial charge >= 0.3 is 0 Å². The van der Waals surface area contributed by atoms with Gasteiger partial charge in [0, 0.05) is 28.7 Å². The minimum absolute atomic E-state index is 0.428. The van der Waals surface area contributed by atoms with Gasteiger partial charge in [-0.3, -0.25) is 0 Å². The molecule has 5 nitrogen and oxygen atoms in total. The van der Waals surface area contributed by atoms with Crippen LogP contribution in [-0.4, -0.2) is 49.3 Å². The SMILES string of the molecule is c1c2c(cc3c4c([nH]c13)[C@@H](CCN1CCCCC1)NCC4)OCCO2. The highest BCUT2D eigenvalue weighted by molar-refractivity contribution is 5.88. The topological polar surface area (TPSA) is 49.5 Å². The molecule has 2 aromatic rings. The van der Waals surface area contributed by atoms with Gasteiger partial charge in [-0.1, -0.05) is 6.42 Å². The number of piperidine rings is 1. The van der Waals surface area contributed by atoms with Crippen molar-refractivity contribution in [2.45, 2.75) is 38.1 Å². The Kier molecular flexibility index (Phi) is 4.06. The lowest BCUT2D eigenvalue weighted by atomic mass is 9.97. The average Bonchev–Trinajstić information content (AvgIpc) is 3.03. The Labute approximate surface area is 148 Å². The molecule has 134 valence electrons. The second-order valence-electron chi connectivity index (χ2n) is 7.51. The highest BCUT2D eigenvalue weighted by Gasteiger charge is 2.26. The van der Waals surface area contributed by atoms with Crippen LogP contribution < -0.4 is 14.8 Å². The first kappa shape index (κ1) is 15.5. The predicted molar refractivity (Wildman–Crippen MR) is 98.6 cm³/mol. The van der Waals surface area contributed by atoms with Crippen LogP contribution in [0.5, 0.6) is 11.5 Å². The third kappa shape index (κ3) is 2.89. The van der Waals surface area contributed by atoms with E-state index in [1.165, 1.54) is 67.5 Å². The number of hydrogen-bond acceptors (Lipinski definition) is 4. The summed E-state index contributed by atoms with van der Waals surface area (Å²) >= 11 is 0. The average molecular weight is 341 g/mol. The molecular formula is C20H27N3O2. The summed E-state index contributed by atoms with van der Waals surface area (Å²) in [6, 6.07) is 4.72. The highest BCUT2D eigenvalue weighted by Crippen LogP contribution is 2.39. The van der Waals surface area contributed by atoms with Gasteiger partial charge in [-0.25, -0.2) is 0 Å². The number of hydrogen-bond donors (Lipinski definition) is 2. The molecule has 5 heteroatoms. The van der Waals surface area contributed by atoms with Gasteiger partial charge in [0.1, 0.15) is 13.2 Å². The number of fused-ring (bicyclic) bond motifs is 4. The fourth-order valence-corrected chi connectivity index (χ4v) is 4.59. The van der Waals surface area contributed by atoms with Crippen LogP contribution in [0.4, 0.5) is 0 Å². The quantitative estimate of drug-likeness (QED) is 0.901. The first-order valence-corrected chi connectivity index (χ1v) is 9.78. The van der Waals surface area contributed by atoms with Crippen molar-refractivity contribution >= 4 is 10.9 Å². The molecule has 1 aromatic heterocycles. The van der Waals surface area contributed by atoms with Crippen LogP contribution in [0.25, 0.3) is 10.9 Å². The van der Waals surface area contributed by atoms with Crippen molar-refractivity contribution in [3.05, 3.63) is 23.4 Å². The van der Waals surface area contributed by atoms with E-state index in [0.717, 1.165) is 24.5 Å². The molecular weight excluding hydrogens is 314 g/mol. The van der Waals surface area contributed by atoms with Gasteiger partial charge in [-0.05, 0) is 63.5 Å². The summed E-state index contributed by atoms with van der Waals surface area (Å²) in [5, 5.41) is 5.03. The van der Waals surface area contributed by atoms with Gasteiger partial charge in [0.25, 0.3) is 0 Å². The summed E-state index contributed by atoms with van der Waals surface area (Å²) in [6.07, 6.45) is 6.38. The van der Waals surface area contributed by atoms with Crippen molar-refractivity contribution in [2.75, 3.05) is 39.4 Å². The Morgan fingerprint density at radius 3 is 2.68 bits per heavy atom. The Morgan fingerprint density at radius 1 is 1.04 bits per heavy atom. The fourth-order valence-electron chi connectivity index (χ4n) is 4.59. The number of H-pyrrole nitrogens is 1. The number of ether oxygens (including phenoxy) is 2. The smallest absolute Gasteiger partial charge is 0.163 e. The number of benzene rings is 1. The van der Waals surface area contributed by atoms with Crippen LogP contribution in [0.3, 0.4) is 0 Å². The largest absolute Gasteiger partial charge is 0.486 e. The molecule has 3 aliphatic heterocycles. The predicted octanol–water partition coefficient (Wildman–Crippen LogP) is 3.00. The summed E-state index contributed by atoms with van der Waals surface area (Å²) in [4.78, 5) is 6.31. The number of likely N-dealkylation sites (tertiary alicyclic amines) is 1. The van der Waals surface area contributed by atoms with E-state index in [0.29, 0.717) is 19.3 Å². The molecule has 0 amide bonds. The summed E-state index contributed by atoms with van der Waals surface area (Å²) in [5.41, 5.74) is 4.02. The lowest BCUT2D eigenvalue weighted by Gasteiger charge is -2.30. The molecule has 4 heterocycles. The lowest BCUT2D eigenvalue weighted by molar-refractivity contribution is 0.172. The molecule has 5 rings (SSSR count). The van der Waals surface area contributed by atoms with Crippen LogP contribution in [0.15, 0.2) is 12.1 Å². The third-order valence-corrected chi connectivity index (χ3v) is 5.90. The molecule has 2 N–H and O–H groups in total. The van der Waals surface area contributed by atoms with Crippen molar-refractivity contribution in [1.29, 1.82) is 0 Å². The summed E-state index contributed by atoms with van der Waals surface area (Å²) in [7, 11) is 0. The summed E-state index contributed by atoms with van der Waals surface area (Å²) < 4.78 is 11.5. The first-order chi connectivity index (χ1) is 12.4. The molecule has 0 spiro atoms. The fraction of sp³-hybridized carbons (Fsp3) is 0.600. The standard InChI is InChI=1S/C20H27N3O2/c1-2-7-23(8-3-1)9-5-16-20-14(4-6-21-16)15-12-18-19(13-17(15)22-20)25-11-10-24-18/h12-13,16,21-22H,1-11H2/t16-/m1/s1. The maximum Gasteiger partial charge on any atom is 0.163 e. The molecule has 1 fully saturated rings. The number of nitrogens with one attached hydrogen (secondary N) is 2. The number of aromatic amines is 1. The number of rotatable bonds is 3. The normalized spacial score (nSPS) is 23.6.